The summed E-state index contributed by atoms with van der Waals surface area (Å²) in [4.78, 5) is 0. The van der Waals surface area contributed by atoms with E-state index in [1.165, 1.54) is 16.2 Å². The Kier molecular flexibility index (Phi) is 7.50. The van der Waals surface area contributed by atoms with Gasteiger partial charge in [0.1, 0.15) is 11.2 Å². The van der Waals surface area contributed by atoms with E-state index in [4.69, 9.17) is 14.6 Å². The van der Waals surface area contributed by atoms with Gasteiger partial charge in [-0.2, -0.15) is 0 Å². The number of furan rings is 1. The maximum absolute atomic E-state index is 6.55. The van der Waals surface area contributed by atoms with Crippen molar-refractivity contribution >= 4 is 65.6 Å². The van der Waals surface area contributed by atoms with Gasteiger partial charge in [-0.25, -0.2) is 0 Å². The molecule has 0 radical (unpaired) electrons. The van der Waals surface area contributed by atoms with Crippen molar-refractivity contribution in [3.63, 3.8) is 0 Å². The Morgan fingerprint density at radius 2 is 0.855 bits per heavy atom. The number of aromatic nitrogens is 5. The summed E-state index contributed by atoms with van der Waals surface area (Å²) in [7, 11) is 0. The normalized spacial score (nSPS) is 11.9. The lowest BCUT2D eigenvalue weighted by Crippen LogP contribution is -2.01. The predicted molar refractivity (Wildman–Crippen MR) is 254 cm³/mol. The average Bonchev–Trinajstić information content (AvgIpc) is 4.12. The smallest absolute Gasteiger partial charge is 0.168 e. The first-order chi connectivity index (χ1) is 30.8. The van der Waals surface area contributed by atoms with Gasteiger partial charge >= 0.3 is 0 Å². The summed E-state index contributed by atoms with van der Waals surface area (Å²) in [6.07, 6.45) is 0. The van der Waals surface area contributed by atoms with Crippen molar-refractivity contribution < 1.29 is 4.42 Å². The number of para-hydroxylation sites is 3. The third-order valence-corrected chi connectivity index (χ3v) is 12.4. The highest BCUT2D eigenvalue weighted by atomic mass is 16.3. The van der Waals surface area contributed by atoms with Crippen LogP contribution in [0, 0.1) is 0 Å². The summed E-state index contributed by atoms with van der Waals surface area (Å²) in [5.41, 5.74) is 13.8. The number of hydrogen-bond acceptors (Lipinski definition) is 3. The van der Waals surface area contributed by atoms with E-state index in [2.05, 4.69) is 184 Å². The lowest BCUT2D eigenvalue weighted by molar-refractivity contribution is 0.673. The molecule has 13 rings (SSSR count). The number of benzene rings is 9. The molecule has 9 aromatic carbocycles. The minimum atomic E-state index is 0.792. The fourth-order valence-corrected chi connectivity index (χ4v) is 9.59. The highest BCUT2D eigenvalue weighted by Crippen LogP contribution is 2.41. The molecule has 0 amide bonds. The Bertz CT molecular complexity index is 3800. The Labute approximate surface area is 355 Å². The van der Waals surface area contributed by atoms with Crippen molar-refractivity contribution in [2.45, 2.75) is 0 Å². The van der Waals surface area contributed by atoms with Crippen LogP contribution in [0.1, 0.15) is 0 Å². The van der Waals surface area contributed by atoms with Gasteiger partial charge in [-0.1, -0.05) is 146 Å². The van der Waals surface area contributed by atoms with E-state index in [1.54, 1.807) is 0 Å². The maximum atomic E-state index is 6.55. The van der Waals surface area contributed by atoms with E-state index in [-0.39, 0.29) is 0 Å². The Morgan fingerprint density at radius 1 is 0.306 bits per heavy atom. The lowest BCUT2D eigenvalue weighted by Gasteiger charge is -2.14. The summed E-state index contributed by atoms with van der Waals surface area (Å²) >= 11 is 0. The second-order valence-electron chi connectivity index (χ2n) is 15.9. The van der Waals surface area contributed by atoms with E-state index in [1.807, 2.05) is 42.5 Å². The molecule has 0 saturated heterocycles. The fraction of sp³-hybridized carbons (Fsp3) is 0. The molecular formula is C56H35N5O. The van der Waals surface area contributed by atoms with Crippen LogP contribution in [0.15, 0.2) is 217 Å². The van der Waals surface area contributed by atoms with Crippen LogP contribution in [0.3, 0.4) is 0 Å². The molecule has 0 spiro atoms. The summed E-state index contributed by atoms with van der Waals surface area (Å²) < 4.78 is 13.5. The Morgan fingerprint density at radius 3 is 1.60 bits per heavy atom. The molecule has 4 aromatic heterocycles. The number of nitrogens with zero attached hydrogens (tertiary/aromatic N) is 5. The summed E-state index contributed by atoms with van der Waals surface area (Å²) in [6, 6.07) is 75.1. The number of fused-ring (bicyclic) bond motifs is 10. The average molecular weight is 794 g/mol. The van der Waals surface area contributed by atoms with E-state index in [0.29, 0.717) is 0 Å². The van der Waals surface area contributed by atoms with Gasteiger partial charge in [-0.05, 0) is 77.9 Å². The SMILES string of the molecule is c1ccc(-c2nnc(-c3ccccc3)n2-c2ccc3c4ccccc4n(-c4cccc(-c5ccc(-n6c7ccccc7c7c8oc9ccccc9c8ccc76)cc5)c4)c3c2)cc1. The van der Waals surface area contributed by atoms with E-state index < -0.39 is 0 Å². The van der Waals surface area contributed by atoms with Crippen LogP contribution in [-0.4, -0.2) is 23.9 Å². The summed E-state index contributed by atoms with van der Waals surface area (Å²) in [5, 5.41) is 16.5. The zero-order chi connectivity index (χ0) is 40.7. The highest BCUT2D eigenvalue weighted by Gasteiger charge is 2.21. The summed E-state index contributed by atoms with van der Waals surface area (Å²) in [5.74, 6) is 1.58. The Balaban J connectivity index is 0.940. The van der Waals surface area contributed by atoms with Gasteiger partial charge in [0.15, 0.2) is 11.6 Å². The molecule has 0 aliphatic carbocycles. The topological polar surface area (TPSA) is 53.7 Å². The van der Waals surface area contributed by atoms with Crippen LogP contribution < -0.4 is 0 Å². The van der Waals surface area contributed by atoms with Gasteiger partial charge < -0.3 is 13.6 Å². The van der Waals surface area contributed by atoms with Crippen LogP contribution >= 0.6 is 0 Å². The molecule has 0 fully saturated rings. The molecule has 0 aliphatic heterocycles. The minimum absolute atomic E-state index is 0.792. The van der Waals surface area contributed by atoms with Gasteiger partial charge in [0.05, 0.1) is 33.1 Å². The lowest BCUT2D eigenvalue weighted by atomic mass is 10.0. The fourth-order valence-electron chi connectivity index (χ4n) is 9.59. The van der Waals surface area contributed by atoms with Crippen LogP contribution in [-0.2, 0) is 0 Å². The molecule has 62 heavy (non-hydrogen) atoms. The van der Waals surface area contributed by atoms with Crippen molar-refractivity contribution in [3.05, 3.63) is 212 Å². The van der Waals surface area contributed by atoms with E-state index in [9.17, 15) is 0 Å². The molecule has 4 heterocycles. The molecule has 0 unspecified atom stereocenters. The molecule has 13 aromatic rings. The van der Waals surface area contributed by atoms with Gasteiger partial charge in [0.25, 0.3) is 0 Å². The van der Waals surface area contributed by atoms with Crippen molar-refractivity contribution in [2.24, 2.45) is 0 Å². The standard InChI is InChI=1S/C56H35N5O/c1-3-14-37(15-4-1)55-57-58-56(38-16-5-2-6-17-38)61(55)42-30-31-44-43-20-7-10-23-48(43)60(51(44)35-42)41-19-13-18-39(34-41)36-26-28-40(29-27-36)59-49-24-11-8-22-47(49)53-50(59)33-32-46-45-21-9-12-25-52(45)62-54(46)53/h1-35H. The van der Waals surface area contributed by atoms with Crippen LogP contribution in [0.2, 0.25) is 0 Å². The first-order valence-corrected chi connectivity index (χ1v) is 20.9. The van der Waals surface area contributed by atoms with Gasteiger partial charge in [0.2, 0.25) is 0 Å². The molecular weight excluding hydrogens is 759 g/mol. The van der Waals surface area contributed by atoms with E-state index >= 15 is 0 Å². The van der Waals surface area contributed by atoms with Gasteiger partial charge in [-0.15, -0.1) is 10.2 Å². The third-order valence-electron chi connectivity index (χ3n) is 12.4. The molecule has 6 heteroatoms. The molecule has 0 bridgehead atoms. The van der Waals surface area contributed by atoms with Gasteiger partial charge in [0, 0.05) is 49.4 Å². The largest absolute Gasteiger partial charge is 0.455 e. The van der Waals surface area contributed by atoms with Crippen molar-refractivity contribution in [1.29, 1.82) is 0 Å². The quantitative estimate of drug-likeness (QED) is 0.168. The molecule has 0 aliphatic rings. The third kappa shape index (κ3) is 5.17. The molecule has 290 valence electrons. The number of hydrogen-bond donors (Lipinski definition) is 0. The zero-order valence-corrected chi connectivity index (χ0v) is 33.4. The molecule has 0 saturated carbocycles. The van der Waals surface area contributed by atoms with E-state index in [0.717, 1.165) is 100 Å². The molecule has 0 N–H and O–H groups in total. The monoisotopic (exact) mass is 793 g/mol. The van der Waals surface area contributed by atoms with Crippen LogP contribution in [0.25, 0.3) is 117 Å². The second-order valence-corrected chi connectivity index (χ2v) is 15.9. The predicted octanol–water partition coefficient (Wildman–Crippen LogP) is 14.4. The number of rotatable bonds is 6. The molecule has 6 nitrogen and oxygen atoms in total. The zero-order valence-electron chi connectivity index (χ0n) is 33.4. The minimum Gasteiger partial charge on any atom is -0.455 e. The molecule has 0 atom stereocenters. The second kappa shape index (κ2) is 13.5. The van der Waals surface area contributed by atoms with Gasteiger partial charge in [-0.3, -0.25) is 4.57 Å². The first kappa shape index (κ1) is 34.4. The van der Waals surface area contributed by atoms with Crippen molar-refractivity contribution in [3.8, 4) is 51.0 Å². The van der Waals surface area contributed by atoms with Crippen LogP contribution in [0.5, 0.6) is 0 Å². The maximum Gasteiger partial charge on any atom is 0.168 e. The van der Waals surface area contributed by atoms with Crippen molar-refractivity contribution in [1.82, 2.24) is 23.9 Å². The van der Waals surface area contributed by atoms with Crippen molar-refractivity contribution in [2.75, 3.05) is 0 Å². The summed E-state index contributed by atoms with van der Waals surface area (Å²) in [6.45, 7) is 0. The Hall–Kier alpha value is -8.48. The van der Waals surface area contributed by atoms with Crippen LogP contribution in [0.4, 0.5) is 0 Å². The first-order valence-electron chi connectivity index (χ1n) is 20.9. The highest BCUT2D eigenvalue weighted by molar-refractivity contribution is 6.23.